The lowest BCUT2D eigenvalue weighted by molar-refractivity contribution is 0.416. The molecule has 0 aliphatic heterocycles. The number of pyridine rings is 1. The van der Waals surface area contributed by atoms with Crippen molar-refractivity contribution in [2.24, 2.45) is 0 Å². The molecule has 3 rings (SSSR count). The van der Waals surface area contributed by atoms with E-state index in [0.29, 0.717) is 17.9 Å². The molecular weight excluding hydrogens is 264 g/mol. The van der Waals surface area contributed by atoms with E-state index in [-0.39, 0.29) is 0 Å². The fourth-order valence-corrected chi connectivity index (χ4v) is 2.26. The molecule has 0 atom stereocenters. The number of nitrogens with zero attached hydrogens (tertiary/aromatic N) is 2. The van der Waals surface area contributed by atoms with Gasteiger partial charge in [0.25, 0.3) is 0 Å². The largest absolute Gasteiger partial charge is 0.495 e. The number of hydrogen-bond donors (Lipinski definition) is 2. The number of H-pyrrole nitrogens is 1. The third-order valence-corrected chi connectivity index (χ3v) is 3.34. The van der Waals surface area contributed by atoms with Crippen molar-refractivity contribution in [1.82, 2.24) is 9.97 Å². The molecule has 104 valence electrons. The minimum atomic E-state index is 0.577. The van der Waals surface area contributed by atoms with Gasteiger partial charge in [0.05, 0.1) is 24.4 Å². The Bertz CT molecular complexity index is 817. The summed E-state index contributed by atoms with van der Waals surface area (Å²) in [5, 5.41) is 13.3. The summed E-state index contributed by atoms with van der Waals surface area (Å²) in [5.74, 6) is 0.659. The molecule has 0 amide bonds. The first-order chi connectivity index (χ1) is 10.3. The maximum atomic E-state index is 8.91. The van der Waals surface area contributed by atoms with Gasteiger partial charge in [-0.25, -0.2) is 4.98 Å². The predicted octanol–water partition coefficient (Wildman–Crippen LogP) is 3.06. The van der Waals surface area contributed by atoms with Crippen LogP contribution in [0.15, 0.2) is 42.7 Å². The van der Waals surface area contributed by atoms with E-state index in [1.54, 1.807) is 25.4 Å². The van der Waals surface area contributed by atoms with E-state index in [9.17, 15) is 0 Å². The Labute approximate surface area is 122 Å². The lowest BCUT2D eigenvalue weighted by atomic mass is 10.2. The second-order valence-electron chi connectivity index (χ2n) is 4.59. The molecule has 1 aromatic carbocycles. The lowest BCUT2D eigenvalue weighted by Gasteiger charge is -2.11. The maximum Gasteiger partial charge on any atom is 0.143 e. The van der Waals surface area contributed by atoms with Gasteiger partial charge in [-0.2, -0.15) is 5.26 Å². The Hall–Kier alpha value is -3.00. The molecule has 0 saturated carbocycles. The molecule has 0 bridgehead atoms. The average Bonchev–Trinajstić information content (AvgIpc) is 2.96. The zero-order valence-electron chi connectivity index (χ0n) is 11.6. The van der Waals surface area contributed by atoms with Crippen LogP contribution in [0.5, 0.6) is 5.75 Å². The van der Waals surface area contributed by atoms with E-state index in [4.69, 9.17) is 10.00 Å². The number of hydrogen-bond acceptors (Lipinski definition) is 4. The van der Waals surface area contributed by atoms with Crippen molar-refractivity contribution in [3.63, 3.8) is 0 Å². The summed E-state index contributed by atoms with van der Waals surface area (Å²) >= 11 is 0. The van der Waals surface area contributed by atoms with Crippen molar-refractivity contribution in [3.05, 3.63) is 53.9 Å². The van der Waals surface area contributed by atoms with Crippen molar-refractivity contribution in [2.45, 2.75) is 6.54 Å². The maximum absolute atomic E-state index is 8.91. The highest BCUT2D eigenvalue weighted by Gasteiger charge is 2.07. The second-order valence-corrected chi connectivity index (χ2v) is 4.59. The highest BCUT2D eigenvalue weighted by atomic mass is 16.5. The van der Waals surface area contributed by atoms with Gasteiger partial charge in [0.15, 0.2) is 0 Å². The molecule has 0 spiro atoms. The fourth-order valence-electron chi connectivity index (χ4n) is 2.26. The minimum absolute atomic E-state index is 0.577. The van der Waals surface area contributed by atoms with Crippen molar-refractivity contribution in [2.75, 3.05) is 12.4 Å². The monoisotopic (exact) mass is 278 g/mol. The predicted molar refractivity (Wildman–Crippen MR) is 81.1 cm³/mol. The SMILES string of the molecule is COc1cc(C#N)ccc1NCc1c[nH]c2ncccc12. The van der Waals surface area contributed by atoms with E-state index >= 15 is 0 Å². The van der Waals surface area contributed by atoms with Crippen LogP contribution in [0.4, 0.5) is 5.69 Å². The summed E-state index contributed by atoms with van der Waals surface area (Å²) in [6.45, 7) is 0.647. The van der Waals surface area contributed by atoms with E-state index in [1.807, 2.05) is 24.4 Å². The molecular formula is C16H14N4O. The fraction of sp³-hybridized carbons (Fsp3) is 0.125. The van der Waals surface area contributed by atoms with Crippen molar-refractivity contribution in [1.29, 1.82) is 5.26 Å². The number of anilines is 1. The molecule has 0 saturated heterocycles. The summed E-state index contributed by atoms with van der Waals surface area (Å²) < 4.78 is 5.31. The summed E-state index contributed by atoms with van der Waals surface area (Å²) in [7, 11) is 1.59. The van der Waals surface area contributed by atoms with Gasteiger partial charge in [-0.3, -0.25) is 0 Å². The van der Waals surface area contributed by atoms with E-state index in [0.717, 1.165) is 22.3 Å². The molecule has 2 heterocycles. The van der Waals surface area contributed by atoms with Gasteiger partial charge in [-0.15, -0.1) is 0 Å². The van der Waals surface area contributed by atoms with Gasteiger partial charge in [0.1, 0.15) is 11.4 Å². The Morgan fingerprint density at radius 3 is 3.10 bits per heavy atom. The number of ether oxygens (including phenoxy) is 1. The molecule has 0 fully saturated rings. The number of benzene rings is 1. The Kier molecular flexibility index (Phi) is 3.44. The molecule has 0 aliphatic carbocycles. The zero-order chi connectivity index (χ0) is 14.7. The lowest BCUT2D eigenvalue weighted by Crippen LogP contribution is -2.01. The molecule has 0 aliphatic rings. The van der Waals surface area contributed by atoms with Crippen LogP contribution in [0.25, 0.3) is 11.0 Å². The summed E-state index contributed by atoms with van der Waals surface area (Å²) in [6, 6.07) is 11.4. The highest BCUT2D eigenvalue weighted by Crippen LogP contribution is 2.26. The number of rotatable bonds is 4. The van der Waals surface area contributed by atoms with Crippen LogP contribution in [0.2, 0.25) is 0 Å². The minimum Gasteiger partial charge on any atom is -0.495 e. The van der Waals surface area contributed by atoms with Crippen LogP contribution >= 0.6 is 0 Å². The molecule has 2 N–H and O–H groups in total. The van der Waals surface area contributed by atoms with Crippen molar-refractivity contribution < 1.29 is 4.74 Å². The van der Waals surface area contributed by atoms with E-state index < -0.39 is 0 Å². The number of methoxy groups -OCH3 is 1. The number of aromatic amines is 1. The summed E-state index contributed by atoms with van der Waals surface area (Å²) in [5.41, 5.74) is 3.44. The standard InChI is InChI=1S/C16H14N4O/c1-21-15-7-11(8-17)4-5-14(15)19-9-12-10-20-16-13(12)3-2-6-18-16/h2-7,10,19H,9H2,1H3,(H,18,20). The summed E-state index contributed by atoms with van der Waals surface area (Å²) in [6.07, 6.45) is 3.71. The Morgan fingerprint density at radius 2 is 2.29 bits per heavy atom. The summed E-state index contributed by atoms with van der Waals surface area (Å²) in [4.78, 5) is 7.42. The number of nitriles is 1. The van der Waals surface area contributed by atoms with Gasteiger partial charge in [-0.1, -0.05) is 0 Å². The van der Waals surface area contributed by atoms with Crippen LogP contribution in [-0.2, 0) is 6.54 Å². The molecule has 3 aromatic rings. The van der Waals surface area contributed by atoms with Gasteiger partial charge >= 0.3 is 0 Å². The number of aromatic nitrogens is 2. The first kappa shape index (κ1) is 13.0. The Balaban J connectivity index is 1.83. The van der Waals surface area contributed by atoms with Crippen LogP contribution in [0, 0.1) is 11.3 Å². The van der Waals surface area contributed by atoms with Crippen molar-refractivity contribution >= 4 is 16.7 Å². The molecule has 2 aromatic heterocycles. The van der Waals surface area contributed by atoms with E-state index in [2.05, 4.69) is 21.4 Å². The number of nitrogens with one attached hydrogen (secondary N) is 2. The zero-order valence-corrected chi connectivity index (χ0v) is 11.6. The second kappa shape index (κ2) is 5.55. The molecule has 5 heteroatoms. The molecule has 21 heavy (non-hydrogen) atoms. The Morgan fingerprint density at radius 1 is 1.38 bits per heavy atom. The number of fused-ring (bicyclic) bond motifs is 1. The average molecular weight is 278 g/mol. The smallest absolute Gasteiger partial charge is 0.143 e. The normalized spacial score (nSPS) is 10.3. The van der Waals surface area contributed by atoms with Crippen LogP contribution in [0.3, 0.4) is 0 Å². The van der Waals surface area contributed by atoms with Gasteiger partial charge in [-0.05, 0) is 29.8 Å². The van der Waals surface area contributed by atoms with Crippen LogP contribution in [-0.4, -0.2) is 17.1 Å². The van der Waals surface area contributed by atoms with Gasteiger partial charge in [0.2, 0.25) is 0 Å². The van der Waals surface area contributed by atoms with Crippen LogP contribution in [0.1, 0.15) is 11.1 Å². The quantitative estimate of drug-likeness (QED) is 0.769. The third-order valence-electron chi connectivity index (χ3n) is 3.34. The van der Waals surface area contributed by atoms with Gasteiger partial charge in [0, 0.05) is 30.4 Å². The van der Waals surface area contributed by atoms with E-state index in [1.165, 1.54) is 0 Å². The first-order valence-electron chi connectivity index (χ1n) is 6.55. The van der Waals surface area contributed by atoms with Crippen LogP contribution < -0.4 is 10.1 Å². The highest BCUT2D eigenvalue weighted by molar-refractivity contribution is 5.79. The molecule has 0 radical (unpaired) electrons. The molecule has 5 nitrogen and oxygen atoms in total. The van der Waals surface area contributed by atoms with Gasteiger partial charge < -0.3 is 15.0 Å². The van der Waals surface area contributed by atoms with Crippen molar-refractivity contribution in [3.8, 4) is 11.8 Å². The topological polar surface area (TPSA) is 73.7 Å². The third kappa shape index (κ3) is 2.51. The molecule has 0 unspecified atom stereocenters. The first-order valence-corrected chi connectivity index (χ1v) is 6.55.